The van der Waals surface area contributed by atoms with Gasteiger partial charge in [-0.2, -0.15) is 0 Å². The quantitative estimate of drug-likeness (QED) is 0.599. The van der Waals surface area contributed by atoms with E-state index in [9.17, 15) is 0 Å². The van der Waals surface area contributed by atoms with Gasteiger partial charge in [-0.3, -0.25) is 0 Å². The predicted molar refractivity (Wildman–Crippen MR) is 110 cm³/mol. The highest BCUT2D eigenvalue weighted by atomic mass is 16.7. The number of benzene rings is 2. The Morgan fingerprint density at radius 2 is 1.72 bits per heavy atom. The van der Waals surface area contributed by atoms with Crippen LogP contribution >= 0.6 is 0 Å². The molecule has 0 saturated heterocycles. The highest BCUT2D eigenvalue weighted by molar-refractivity contribution is 5.63. The molecule has 0 atom stereocenters. The summed E-state index contributed by atoms with van der Waals surface area (Å²) in [6, 6.07) is 13.4. The Labute approximate surface area is 168 Å². The van der Waals surface area contributed by atoms with Crippen LogP contribution in [0.3, 0.4) is 0 Å². The van der Waals surface area contributed by atoms with E-state index in [0.29, 0.717) is 5.82 Å². The van der Waals surface area contributed by atoms with Gasteiger partial charge < -0.3 is 29.6 Å². The molecule has 2 N–H and O–H groups in total. The molecule has 0 aliphatic carbocycles. The molecular weight excluding hydrogens is 372 g/mol. The zero-order chi connectivity index (χ0) is 20.1. The summed E-state index contributed by atoms with van der Waals surface area (Å²) in [5, 5.41) is 6.57. The van der Waals surface area contributed by atoms with E-state index in [2.05, 4.69) is 20.6 Å². The molecule has 150 valence electrons. The van der Waals surface area contributed by atoms with E-state index in [-0.39, 0.29) is 6.79 Å². The van der Waals surface area contributed by atoms with E-state index in [1.165, 1.54) is 6.33 Å². The van der Waals surface area contributed by atoms with Gasteiger partial charge in [-0.1, -0.05) is 6.07 Å². The van der Waals surface area contributed by atoms with E-state index < -0.39 is 0 Å². The minimum atomic E-state index is 0.250. The number of ether oxygens (including phenoxy) is 4. The minimum Gasteiger partial charge on any atom is -0.493 e. The molecule has 8 nitrogen and oxygen atoms in total. The Bertz CT molecular complexity index is 996. The molecule has 0 bridgehead atoms. The van der Waals surface area contributed by atoms with Crippen LogP contribution in [0.25, 0.3) is 0 Å². The molecule has 0 fully saturated rings. The number of nitrogens with one attached hydrogen (secondary N) is 2. The van der Waals surface area contributed by atoms with Gasteiger partial charge in [-0.25, -0.2) is 9.97 Å². The van der Waals surface area contributed by atoms with E-state index in [0.717, 1.165) is 53.0 Å². The maximum absolute atomic E-state index is 5.40. The lowest BCUT2D eigenvalue weighted by Gasteiger charge is -2.11. The van der Waals surface area contributed by atoms with Crippen LogP contribution in [0.4, 0.5) is 17.3 Å². The molecule has 1 aromatic heterocycles. The molecule has 1 aliphatic heterocycles. The van der Waals surface area contributed by atoms with Crippen LogP contribution < -0.4 is 29.6 Å². The van der Waals surface area contributed by atoms with Gasteiger partial charge in [0.2, 0.25) is 6.79 Å². The van der Waals surface area contributed by atoms with Crippen molar-refractivity contribution >= 4 is 17.3 Å². The van der Waals surface area contributed by atoms with Crippen LogP contribution in [-0.4, -0.2) is 37.5 Å². The molecule has 0 unspecified atom stereocenters. The minimum absolute atomic E-state index is 0.250. The molecular formula is C21H22N4O4. The SMILES string of the molecule is COc1ccc(CCNc2cc(Nc3ccc4c(c3)OCO4)ncn2)cc1OC. The standard InChI is InChI=1S/C21H22N4O4/c1-26-16-5-3-14(9-18(16)27-2)7-8-22-20-11-21(24-12-23-20)25-15-4-6-17-19(10-15)29-13-28-17/h3-6,9-12H,7-8,13H2,1-2H3,(H2,22,23,24,25). The van der Waals surface area contributed by atoms with E-state index in [4.69, 9.17) is 18.9 Å². The summed E-state index contributed by atoms with van der Waals surface area (Å²) < 4.78 is 21.4. The third kappa shape index (κ3) is 4.43. The van der Waals surface area contributed by atoms with E-state index >= 15 is 0 Å². The Balaban J connectivity index is 1.35. The monoisotopic (exact) mass is 394 g/mol. The Hall–Kier alpha value is -3.68. The summed E-state index contributed by atoms with van der Waals surface area (Å²) in [5.74, 6) is 4.34. The van der Waals surface area contributed by atoms with E-state index in [1.54, 1.807) is 14.2 Å². The molecule has 2 heterocycles. The molecule has 0 amide bonds. The maximum Gasteiger partial charge on any atom is 0.231 e. The summed E-state index contributed by atoms with van der Waals surface area (Å²) in [6.45, 7) is 0.969. The summed E-state index contributed by atoms with van der Waals surface area (Å²) >= 11 is 0. The molecule has 4 rings (SSSR count). The predicted octanol–water partition coefficient (Wildman–Crippen LogP) is 3.62. The smallest absolute Gasteiger partial charge is 0.231 e. The summed E-state index contributed by atoms with van der Waals surface area (Å²) in [4.78, 5) is 8.55. The highest BCUT2D eigenvalue weighted by Crippen LogP contribution is 2.35. The van der Waals surface area contributed by atoms with Crippen molar-refractivity contribution in [2.24, 2.45) is 0 Å². The first-order valence-corrected chi connectivity index (χ1v) is 9.18. The summed E-state index contributed by atoms with van der Waals surface area (Å²) in [5.41, 5.74) is 2.01. The van der Waals surface area contributed by atoms with Gasteiger partial charge in [0.1, 0.15) is 18.0 Å². The van der Waals surface area contributed by atoms with Gasteiger partial charge in [0, 0.05) is 24.4 Å². The first-order valence-electron chi connectivity index (χ1n) is 9.18. The topological polar surface area (TPSA) is 86.8 Å². The van der Waals surface area contributed by atoms with E-state index in [1.807, 2.05) is 42.5 Å². The van der Waals surface area contributed by atoms with Crippen molar-refractivity contribution < 1.29 is 18.9 Å². The van der Waals surface area contributed by atoms with Gasteiger partial charge in [0.05, 0.1) is 14.2 Å². The van der Waals surface area contributed by atoms with Crippen molar-refractivity contribution in [1.29, 1.82) is 0 Å². The van der Waals surface area contributed by atoms with Crippen molar-refractivity contribution in [2.45, 2.75) is 6.42 Å². The first kappa shape index (κ1) is 18.7. The van der Waals surface area contributed by atoms with Crippen LogP contribution in [0, 0.1) is 0 Å². The molecule has 3 aromatic rings. The normalized spacial score (nSPS) is 11.8. The van der Waals surface area contributed by atoms with Crippen LogP contribution in [0.1, 0.15) is 5.56 Å². The van der Waals surface area contributed by atoms with Crippen molar-refractivity contribution in [2.75, 3.05) is 38.2 Å². The van der Waals surface area contributed by atoms with Crippen LogP contribution in [0.15, 0.2) is 48.8 Å². The average Bonchev–Trinajstić information content (AvgIpc) is 3.22. The summed E-state index contributed by atoms with van der Waals surface area (Å²) in [7, 11) is 3.26. The number of aromatic nitrogens is 2. The van der Waals surface area contributed by atoms with Crippen molar-refractivity contribution in [3.05, 3.63) is 54.4 Å². The Kier molecular flexibility index (Phi) is 5.51. The molecule has 0 spiro atoms. The summed E-state index contributed by atoms with van der Waals surface area (Å²) in [6.07, 6.45) is 2.34. The van der Waals surface area contributed by atoms with Crippen molar-refractivity contribution in [1.82, 2.24) is 9.97 Å². The number of nitrogens with zero attached hydrogens (tertiary/aromatic N) is 2. The lowest BCUT2D eigenvalue weighted by Crippen LogP contribution is -2.07. The number of methoxy groups -OCH3 is 2. The number of anilines is 3. The Morgan fingerprint density at radius 1 is 0.897 bits per heavy atom. The number of rotatable bonds is 8. The van der Waals surface area contributed by atoms with Crippen LogP contribution in [0.5, 0.6) is 23.0 Å². The number of fused-ring (bicyclic) bond motifs is 1. The second-order valence-electron chi connectivity index (χ2n) is 6.35. The molecule has 2 aromatic carbocycles. The third-order valence-corrected chi connectivity index (χ3v) is 4.48. The number of hydrogen-bond acceptors (Lipinski definition) is 8. The van der Waals surface area contributed by atoms with Gasteiger partial charge in [0.25, 0.3) is 0 Å². The first-order chi connectivity index (χ1) is 14.2. The van der Waals surface area contributed by atoms with Crippen molar-refractivity contribution in [3.63, 3.8) is 0 Å². The van der Waals surface area contributed by atoms with Gasteiger partial charge >= 0.3 is 0 Å². The van der Waals surface area contributed by atoms with Crippen LogP contribution in [0.2, 0.25) is 0 Å². The van der Waals surface area contributed by atoms with Crippen molar-refractivity contribution in [3.8, 4) is 23.0 Å². The second kappa shape index (κ2) is 8.55. The van der Waals surface area contributed by atoms with Gasteiger partial charge in [0.15, 0.2) is 23.0 Å². The lowest BCUT2D eigenvalue weighted by molar-refractivity contribution is 0.174. The molecule has 0 saturated carbocycles. The van der Waals surface area contributed by atoms with Crippen LogP contribution in [-0.2, 0) is 6.42 Å². The third-order valence-electron chi connectivity index (χ3n) is 4.48. The van der Waals surface area contributed by atoms with Gasteiger partial charge in [-0.15, -0.1) is 0 Å². The average molecular weight is 394 g/mol. The lowest BCUT2D eigenvalue weighted by atomic mass is 10.1. The highest BCUT2D eigenvalue weighted by Gasteiger charge is 2.13. The Morgan fingerprint density at radius 3 is 2.59 bits per heavy atom. The largest absolute Gasteiger partial charge is 0.493 e. The fraction of sp³-hybridized carbons (Fsp3) is 0.238. The van der Waals surface area contributed by atoms with Gasteiger partial charge in [-0.05, 0) is 36.2 Å². The molecule has 29 heavy (non-hydrogen) atoms. The molecule has 1 aliphatic rings. The zero-order valence-corrected chi connectivity index (χ0v) is 16.3. The second-order valence-corrected chi connectivity index (χ2v) is 6.35. The maximum atomic E-state index is 5.40. The molecule has 8 heteroatoms. The zero-order valence-electron chi connectivity index (χ0n) is 16.3. The fourth-order valence-electron chi connectivity index (χ4n) is 3.02. The number of hydrogen-bond donors (Lipinski definition) is 2. The molecule has 0 radical (unpaired) electrons. The fourth-order valence-corrected chi connectivity index (χ4v) is 3.02.